The van der Waals surface area contributed by atoms with E-state index in [0.717, 1.165) is 12.4 Å². The van der Waals surface area contributed by atoms with E-state index in [1.807, 2.05) is 37.5 Å². The zero-order chi connectivity index (χ0) is 11.2. The lowest BCUT2D eigenvalue weighted by molar-refractivity contribution is 0.113. The summed E-state index contributed by atoms with van der Waals surface area (Å²) in [6.45, 7) is 4.25. The molecule has 1 aromatic heterocycles. The van der Waals surface area contributed by atoms with Gasteiger partial charge in [0.1, 0.15) is 5.82 Å². The summed E-state index contributed by atoms with van der Waals surface area (Å²) < 4.78 is 7.69. The molecule has 0 fully saturated rings. The lowest BCUT2D eigenvalue weighted by Crippen LogP contribution is -2.06. The van der Waals surface area contributed by atoms with Crippen LogP contribution in [0.1, 0.15) is 11.4 Å². The fourth-order valence-electron chi connectivity index (χ4n) is 1.57. The van der Waals surface area contributed by atoms with Crippen LogP contribution in [-0.2, 0) is 17.9 Å². The maximum absolute atomic E-state index is 5.60. The average Bonchev–Trinajstić information content (AvgIpc) is 2.72. The van der Waals surface area contributed by atoms with Crippen molar-refractivity contribution >= 4 is 0 Å². The molecule has 0 atom stereocenters. The lowest BCUT2D eigenvalue weighted by atomic mass is 10.2. The molecular weight excluding hydrogens is 200 g/mol. The van der Waals surface area contributed by atoms with Crippen LogP contribution in [0.4, 0.5) is 0 Å². The third-order valence-corrected chi connectivity index (χ3v) is 2.51. The number of hydrogen-bond donors (Lipinski definition) is 0. The van der Waals surface area contributed by atoms with Gasteiger partial charge in [-0.25, -0.2) is 4.98 Å². The van der Waals surface area contributed by atoms with Crippen molar-refractivity contribution in [2.24, 2.45) is 0 Å². The van der Waals surface area contributed by atoms with Crippen molar-refractivity contribution < 1.29 is 4.74 Å². The van der Waals surface area contributed by atoms with E-state index in [9.17, 15) is 0 Å². The predicted molar refractivity (Wildman–Crippen MR) is 63.1 cm³/mol. The Kier molecular flexibility index (Phi) is 3.72. The summed E-state index contributed by atoms with van der Waals surface area (Å²) in [5, 5.41) is 0. The Balaban J connectivity index is 1.72. The molecule has 0 aliphatic carbocycles. The molecule has 0 N–H and O–H groups in total. The molecule has 0 spiro atoms. The van der Waals surface area contributed by atoms with Crippen LogP contribution in [0.15, 0.2) is 42.7 Å². The van der Waals surface area contributed by atoms with Gasteiger partial charge in [0, 0.05) is 18.9 Å². The first-order valence-corrected chi connectivity index (χ1v) is 5.45. The van der Waals surface area contributed by atoms with Crippen molar-refractivity contribution in [2.75, 3.05) is 6.61 Å². The second kappa shape index (κ2) is 5.47. The number of ether oxygens (including phenoxy) is 1. The molecule has 0 amide bonds. The smallest absolute Gasteiger partial charge is 0.105 e. The third kappa shape index (κ3) is 2.94. The molecule has 0 unspecified atom stereocenters. The summed E-state index contributed by atoms with van der Waals surface area (Å²) >= 11 is 0. The summed E-state index contributed by atoms with van der Waals surface area (Å²) in [5.41, 5.74) is 1.21. The minimum Gasteiger partial charge on any atom is -0.375 e. The molecule has 0 aliphatic rings. The average molecular weight is 216 g/mol. The largest absolute Gasteiger partial charge is 0.375 e. The summed E-state index contributed by atoms with van der Waals surface area (Å²) in [7, 11) is 0. The number of hydrogen-bond acceptors (Lipinski definition) is 2. The Labute approximate surface area is 95.7 Å². The van der Waals surface area contributed by atoms with E-state index in [1.54, 1.807) is 0 Å². The van der Waals surface area contributed by atoms with E-state index in [4.69, 9.17) is 4.74 Å². The van der Waals surface area contributed by atoms with Crippen LogP contribution in [0.25, 0.3) is 0 Å². The molecule has 2 aromatic rings. The van der Waals surface area contributed by atoms with E-state index < -0.39 is 0 Å². The number of nitrogens with zero attached hydrogens (tertiary/aromatic N) is 2. The molecule has 0 bridgehead atoms. The van der Waals surface area contributed by atoms with E-state index >= 15 is 0 Å². The molecule has 0 aliphatic heterocycles. The first-order valence-electron chi connectivity index (χ1n) is 5.45. The van der Waals surface area contributed by atoms with Crippen LogP contribution >= 0.6 is 0 Å². The lowest BCUT2D eigenvalue weighted by Gasteiger charge is -2.06. The van der Waals surface area contributed by atoms with Crippen LogP contribution in [-0.4, -0.2) is 16.2 Å². The third-order valence-electron chi connectivity index (χ3n) is 2.51. The maximum atomic E-state index is 5.60. The molecular formula is C13H16N2O. The second-order valence-corrected chi connectivity index (χ2v) is 3.71. The highest BCUT2D eigenvalue weighted by Crippen LogP contribution is 2.01. The molecule has 2 rings (SSSR count). The van der Waals surface area contributed by atoms with E-state index in [1.165, 1.54) is 5.56 Å². The minimum absolute atomic E-state index is 0.675. The van der Waals surface area contributed by atoms with Crippen LogP contribution < -0.4 is 0 Å². The molecule has 1 aromatic carbocycles. The van der Waals surface area contributed by atoms with E-state index in [2.05, 4.69) is 21.7 Å². The van der Waals surface area contributed by atoms with E-state index in [-0.39, 0.29) is 0 Å². The van der Waals surface area contributed by atoms with Gasteiger partial charge in [-0.2, -0.15) is 0 Å². The van der Waals surface area contributed by atoms with Crippen molar-refractivity contribution in [1.82, 2.24) is 9.55 Å². The standard InChI is InChI=1S/C13H16N2O/c1-12-14-7-8-15(12)9-10-16-11-13-5-3-2-4-6-13/h2-8H,9-11H2,1H3. The van der Waals surface area contributed by atoms with Crippen molar-refractivity contribution in [2.45, 2.75) is 20.1 Å². The van der Waals surface area contributed by atoms with Gasteiger partial charge in [0.05, 0.1) is 13.2 Å². The Morgan fingerprint density at radius 2 is 2.06 bits per heavy atom. The molecule has 3 nitrogen and oxygen atoms in total. The summed E-state index contributed by atoms with van der Waals surface area (Å²) in [5.74, 6) is 1.03. The van der Waals surface area contributed by atoms with Crippen LogP contribution in [0.5, 0.6) is 0 Å². The fraction of sp³-hybridized carbons (Fsp3) is 0.308. The molecule has 3 heteroatoms. The molecule has 1 heterocycles. The number of aryl methyl sites for hydroxylation is 1. The van der Waals surface area contributed by atoms with Gasteiger partial charge < -0.3 is 9.30 Å². The fourth-order valence-corrected chi connectivity index (χ4v) is 1.57. The molecule has 0 radical (unpaired) electrons. The van der Waals surface area contributed by atoms with Crippen molar-refractivity contribution in [3.05, 3.63) is 54.1 Å². The van der Waals surface area contributed by atoms with Gasteiger partial charge in [-0.3, -0.25) is 0 Å². The minimum atomic E-state index is 0.675. The first kappa shape index (κ1) is 10.9. The van der Waals surface area contributed by atoms with Crippen LogP contribution in [0.3, 0.4) is 0 Å². The van der Waals surface area contributed by atoms with Crippen molar-refractivity contribution in [3.63, 3.8) is 0 Å². The normalized spacial score (nSPS) is 10.6. The summed E-state index contributed by atoms with van der Waals surface area (Å²) in [6.07, 6.45) is 3.79. The molecule has 0 saturated heterocycles. The maximum Gasteiger partial charge on any atom is 0.105 e. The zero-order valence-electron chi connectivity index (χ0n) is 9.47. The predicted octanol–water partition coefficient (Wildman–Crippen LogP) is 2.41. The monoisotopic (exact) mass is 216 g/mol. The van der Waals surface area contributed by atoms with E-state index in [0.29, 0.717) is 13.2 Å². The van der Waals surface area contributed by atoms with Gasteiger partial charge in [0.15, 0.2) is 0 Å². The van der Waals surface area contributed by atoms with Crippen molar-refractivity contribution in [3.8, 4) is 0 Å². The number of aromatic nitrogens is 2. The topological polar surface area (TPSA) is 27.1 Å². The van der Waals surface area contributed by atoms with Gasteiger partial charge in [-0.15, -0.1) is 0 Å². The van der Waals surface area contributed by atoms with Crippen LogP contribution in [0.2, 0.25) is 0 Å². The van der Waals surface area contributed by atoms with Gasteiger partial charge in [-0.05, 0) is 12.5 Å². The Morgan fingerprint density at radius 1 is 1.25 bits per heavy atom. The second-order valence-electron chi connectivity index (χ2n) is 3.71. The summed E-state index contributed by atoms with van der Waals surface area (Å²) in [4.78, 5) is 4.16. The number of benzene rings is 1. The van der Waals surface area contributed by atoms with Crippen molar-refractivity contribution in [1.29, 1.82) is 0 Å². The Morgan fingerprint density at radius 3 is 2.75 bits per heavy atom. The van der Waals surface area contributed by atoms with Crippen LogP contribution in [0, 0.1) is 6.92 Å². The van der Waals surface area contributed by atoms with Gasteiger partial charge in [0.2, 0.25) is 0 Å². The van der Waals surface area contributed by atoms with Gasteiger partial charge in [0.25, 0.3) is 0 Å². The summed E-state index contributed by atoms with van der Waals surface area (Å²) in [6, 6.07) is 10.2. The van der Waals surface area contributed by atoms with Gasteiger partial charge in [-0.1, -0.05) is 30.3 Å². The Hall–Kier alpha value is -1.61. The highest BCUT2D eigenvalue weighted by molar-refractivity contribution is 5.13. The van der Waals surface area contributed by atoms with Gasteiger partial charge >= 0.3 is 0 Å². The number of imidazole rings is 1. The highest BCUT2D eigenvalue weighted by Gasteiger charge is 1.96. The SMILES string of the molecule is Cc1nccn1CCOCc1ccccc1. The highest BCUT2D eigenvalue weighted by atomic mass is 16.5. The Bertz CT molecular complexity index is 423. The zero-order valence-corrected chi connectivity index (χ0v) is 9.47. The first-order chi connectivity index (χ1) is 7.86. The number of rotatable bonds is 5. The quantitative estimate of drug-likeness (QED) is 0.718. The molecule has 84 valence electrons. The molecule has 0 saturated carbocycles. The molecule has 16 heavy (non-hydrogen) atoms.